The predicted octanol–water partition coefficient (Wildman–Crippen LogP) is 6.04. The summed E-state index contributed by atoms with van der Waals surface area (Å²) < 4.78 is 2.30. The summed E-state index contributed by atoms with van der Waals surface area (Å²) in [5.74, 6) is -0.00602. The third kappa shape index (κ3) is 3.43. The van der Waals surface area contributed by atoms with Crippen molar-refractivity contribution in [1.82, 2.24) is 4.57 Å². The molecule has 0 unspecified atom stereocenters. The number of amides is 1. The van der Waals surface area contributed by atoms with Gasteiger partial charge in [-0.1, -0.05) is 48.0 Å². The van der Waals surface area contributed by atoms with E-state index in [4.69, 9.17) is 11.6 Å². The summed E-state index contributed by atoms with van der Waals surface area (Å²) in [7, 11) is 0. The van der Waals surface area contributed by atoms with Crippen molar-refractivity contribution in [2.24, 2.45) is 0 Å². The summed E-state index contributed by atoms with van der Waals surface area (Å²) in [4.78, 5) is 12.4. The second kappa shape index (κ2) is 7.45. The van der Waals surface area contributed by atoms with Gasteiger partial charge < -0.3 is 9.88 Å². The molecule has 27 heavy (non-hydrogen) atoms. The average Bonchev–Trinajstić information content (AvgIpc) is 3.00. The molecule has 1 N–H and O–H groups in total. The zero-order chi connectivity index (χ0) is 18.8. The lowest BCUT2D eigenvalue weighted by Crippen LogP contribution is -2.12. The number of aryl methyl sites for hydroxylation is 2. The van der Waals surface area contributed by atoms with E-state index in [1.165, 1.54) is 16.4 Å². The van der Waals surface area contributed by atoms with Crippen molar-refractivity contribution >= 4 is 45.0 Å². The van der Waals surface area contributed by atoms with Gasteiger partial charge in [-0.3, -0.25) is 4.79 Å². The Morgan fingerprint density at radius 2 is 1.70 bits per heavy atom. The minimum atomic E-state index is -0.00602. The van der Waals surface area contributed by atoms with Gasteiger partial charge in [0.15, 0.2) is 0 Å². The number of benzene rings is 3. The number of carbonyl (C=O) groups excluding carboxylic acids is 1. The van der Waals surface area contributed by atoms with Gasteiger partial charge in [-0.25, -0.2) is 0 Å². The van der Waals surface area contributed by atoms with Crippen molar-refractivity contribution in [2.75, 3.05) is 5.32 Å². The summed E-state index contributed by atoms with van der Waals surface area (Å²) in [5.41, 5.74) is 4.23. The molecule has 0 atom stereocenters. The van der Waals surface area contributed by atoms with Gasteiger partial charge in [0, 0.05) is 45.5 Å². The quantitative estimate of drug-likeness (QED) is 0.452. The Kier molecular flexibility index (Phi) is 4.87. The van der Waals surface area contributed by atoms with E-state index in [1.54, 1.807) is 0 Å². The average molecular weight is 377 g/mol. The molecular weight excluding hydrogens is 356 g/mol. The number of hydrogen-bond donors (Lipinski definition) is 1. The van der Waals surface area contributed by atoms with Crippen LogP contribution in [0.1, 0.15) is 18.9 Å². The van der Waals surface area contributed by atoms with E-state index in [0.29, 0.717) is 17.9 Å². The van der Waals surface area contributed by atoms with Crippen molar-refractivity contribution in [3.63, 3.8) is 0 Å². The van der Waals surface area contributed by atoms with Crippen molar-refractivity contribution in [3.05, 3.63) is 77.3 Å². The summed E-state index contributed by atoms with van der Waals surface area (Å²) in [6, 6.07) is 22.2. The highest BCUT2D eigenvalue weighted by Crippen LogP contribution is 2.31. The van der Waals surface area contributed by atoms with Crippen LogP contribution < -0.4 is 5.32 Å². The first kappa shape index (κ1) is 17.6. The number of halogens is 1. The molecule has 0 saturated heterocycles. The maximum Gasteiger partial charge on any atom is 0.224 e. The van der Waals surface area contributed by atoms with Gasteiger partial charge in [0.05, 0.1) is 0 Å². The highest BCUT2D eigenvalue weighted by molar-refractivity contribution is 6.31. The van der Waals surface area contributed by atoms with Gasteiger partial charge in [0.1, 0.15) is 0 Å². The van der Waals surface area contributed by atoms with Crippen LogP contribution in [0.3, 0.4) is 0 Å². The van der Waals surface area contributed by atoms with Gasteiger partial charge in [-0.2, -0.15) is 0 Å². The van der Waals surface area contributed by atoms with Gasteiger partial charge in [-0.05, 0) is 49.2 Å². The van der Waals surface area contributed by atoms with Gasteiger partial charge in [0.2, 0.25) is 5.91 Å². The normalized spacial score (nSPS) is 11.2. The van der Waals surface area contributed by atoms with Crippen LogP contribution in [-0.2, 0) is 17.8 Å². The molecule has 0 aliphatic carbocycles. The Bertz CT molecular complexity index is 1130. The topological polar surface area (TPSA) is 34.0 Å². The fraction of sp³-hybridized carbons (Fsp3) is 0.174. The minimum Gasteiger partial charge on any atom is -0.341 e. The fourth-order valence-corrected chi connectivity index (χ4v) is 3.88. The number of hydrogen-bond acceptors (Lipinski definition) is 1. The number of nitrogens with zero attached hydrogens (tertiary/aromatic N) is 1. The molecule has 1 aromatic heterocycles. The molecule has 4 heteroatoms. The highest BCUT2D eigenvalue weighted by Gasteiger charge is 2.11. The Labute approximate surface area is 163 Å². The Morgan fingerprint density at radius 1 is 0.963 bits per heavy atom. The number of carbonyl (C=O) groups is 1. The first-order chi connectivity index (χ1) is 13.2. The third-order valence-electron chi connectivity index (χ3n) is 4.95. The monoisotopic (exact) mass is 376 g/mol. The van der Waals surface area contributed by atoms with E-state index >= 15 is 0 Å². The van der Waals surface area contributed by atoms with E-state index in [9.17, 15) is 4.79 Å². The SMILES string of the molecule is CCn1c2ccccc2c2cc(NC(=O)CCc3ccccc3Cl)ccc21. The molecule has 4 aromatic rings. The van der Waals surface area contributed by atoms with Crippen LogP contribution in [0.4, 0.5) is 5.69 Å². The van der Waals surface area contributed by atoms with Crippen LogP contribution in [0.15, 0.2) is 66.7 Å². The maximum atomic E-state index is 12.4. The standard InChI is InChI=1S/C23H21ClN2O/c1-2-26-21-10-6-4-8-18(21)19-15-17(12-13-22(19)26)25-23(27)14-11-16-7-3-5-9-20(16)24/h3-10,12-13,15H,2,11,14H2,1H3,(H,25,27). The summed E-state index contributed by atoms with van der Waals surface area (Å²) in [6.45, 7) is 3.06. The van der Waals surface area contributed by atoms with Gasteiger partial charge >= 0.3 is 0 Å². The molecule has 0 bridgehead atoms. The molecule has 1 heterocycles. The second-order valence-electron chi connectivity index (χ2n) is 6.63. The smallest absolute Gasteiger partial charge is 0.224 e. The number of aromatic nitrogens is 1. The van der Waals surface area contributed by atoms with Crippen molar-refractivity contribution < 1.29 is 4.79 Å². The number of anilines is 1. The van der Waals surface area contributed by atoms with Crippen LogP contribution in [0, 0.1) is 0 Å². The van der Waals surface area contributed by atoms with Crippen LogP contribution >= 0.6 is 11.6 Å². The first-order valence-electron chi connectivity index (χ1n) is 9.21. The Morgan fingerprint density at radius 3 is 2.52 bits per heavy atom. The molecule has 3 nitrogen and oxygen atoms in total. The van der Waals surface area contributed by atoms with Crippen LogP contribution in [0.25, 0.3) is 21.8 Å². The van der Waals surface area contributed by atoms with Gasteiger partial charge in [0.25, 0.3) is 0 Å². The molecule has 1 amide bonds. The molecule has 3 aromatic carbocycles. The lowest BCUT2D eigenvalue weighted by molar-refractivity contribution is -0.116. The van der Waals surface area contributed by atoms with Crippen molar-refractivity contribution in [2.45, 2.75) is 26.3 Å². The number of rotatable bonds is 5. The fourth-order valence-electron chi connectivity index (χ4n) is 3.64. The van der Waals surface area contributed by atoms with E-state index in [2.05, 4.69) is 53.2 Å². The minimum absolute atomic E-state index is 0.00602. The van der Waals surface area contributed by atoms with E-state index in [1.807, 2.05) is 30.3 Å². The van der Waals surface area contributed by atoms with Crippen molar-refractivity contribution in [3.8, 4) is 0 Å². The maximum absolute atomic E-state index is 12.4. The van der Waals surface area contributed by atoms with Crippen LogP contribution in [-0.4, -0.2) is 10.5 Å². The lowest BCUT2D eigenvalue weighted by Gasteiger charge is -2.07. The van der Waals surface area contributed by atoms with Crippen LogP contribution in [0.5, 0.6) is 0 Å². The van der Waals surface area contributed by atoms with Crippen LogP contribution in [0.2, 0.25) is 5.02 Å². The zero-order valence-corrected chi connectivity index (χ0v) is 16.0. The zero-order valence-electron chi connectivity index (χ0n) is 15.2. The molecular formula is C23H21ClN2O. The number of para-hydroxylation sites is 1. The first-order valence-corrected chi connectivity index (χ1v) is 9.59. The van der Waals surface area contributed by atoms with Gasteiger partial charge in [-0.15, -0.1) is 0 Å². The molecule has 136 valence electrons. The summed E-state index contributed by atoms with van der Waals surface area (Å²) in [5, 5.41) is 6.10. The lowest BCUT2D eigenvalue weighted by atomic mass is 10.1. The molecule has 0 saturated carbocycles. The molecule has 0 aliphatic heterocycles. The van der Waals surface area contributed by atoms with Crippen molar-refractivity contribution in [1.29, 1.82) is 0 Å². The van der Waals surface area contributed by atoms with E-state index in [0.717, 1.165) is 23.2 Å². The van der Waals surface area contributed by atoms with E-state index in [-0.39, 0.29) is 5.91 Å². The highest BCUT2D eigenvalue weighted by atomic mass is 35.5. The third-order valence-corrected chi connectivity index (χ3v) is 5.32. The molecule has 0 radical (unpaired) electrons. The largest absolute Gasteiger partial charge is 0.341 e. The van der Waals surface area contributed by atoms with E-state index < -0.39 is 0 Å². The summed E-state index contributed by atoms with van der Waals surface area (Å²) in [6.07, 6.45) is 1.03. The molecule has 0 fully saturated rings. The Hall–Kier alpha value is -2.78. The number of fused-ring (bicyclic) bond motifs is 3. The number of nitrogens with one attached hydrogen (secondary N) is 1. The predicted molar refractivity (Wildman–Crippen MR) is 114 cm³/mol. The second-order valence-corrected chi connectivity index (χ2v) is 7.04. The Balaban J connectivity index is 1.56. The molecule has 4 rings (SSSR count). The summed E-state index contributed by atoms with van der Waals surface area (Å²) >= 11 is 6.17. The molecule has 0 aliphatic rings. The molecule has 0 spiro atoms.